The van der Waals surface area contributed by atoms with Gasteiger partial charge in [-0.25, -0.2) is 0 Å². The summed E-state index contributed by atoms with van der Waals surface area (Å²) in [6, 6.07) is -1.46. The van der Waals surface area contributed by atoms with Gasteiger partial charge in [0.05, 0.1) is 0 Å². The van der Waals surface area contributed by atoms with Crippen molar-refractivity contribution < 1.29 is 36.6 Å². The fourth-order valence-electron chi connectivity index (χ4n) is 0. The number of aliphatic carboxylic acids is 2. The van der Waals surface area contributed by atoms with Gasteiger partial charge in [-0.15, -0.1) is 0 Å². The first-order valence-electron chi connectivity index (χ1n) is 3.25. The molecule has 0 bridgehead atoms. The molecule has 0 saturated carbocycles. The van der Waals surface area contributed by atoms with E-state index in [4.69, 9.17) is 21.7 Å². The molecule has 0 aromatic carbocycles. The Morgan fingerprint density at radius 1 is 1.00 bits per heavy atom. The fourth-order valence-corrected chi connectivity index (χ4v) is 0. The van der Waals surface area contributed by atoms with Crippen molar-refractivity contribution in [3.63, 3.8) is 0 Å². The number of hydrogen-bond donors (Lipinski definition) is 4. The van der Waals surface area contributed by atoms with E-state index in [0.29, 0.717) is 0 Å². The Morgan fingerprint density at radius 2 is 1.08 bits per heavy atom. The third kappa shape index (κ3) is 18.4. The summed E-state index contributed by atoms with van der Waals surface area (Å²) in [5, 5.41) is 15.7. The molecule has 13 heavy (non-hydrogen) atoms. The molecule has 0 saturated heterocycles. The van der Waals surface area contributed by atoms with Crippen LogP contribution in [0, 0.1) is 0 Å². The van der Waals surface area contributed by atoms with Crippen molar-refractivity contribution in [2.75, 3.05) is 0 Å². The Morgan fingerprint density at radius 3 is 1.08 bits per heavy atom. The van der Waals surface area contributed by atoms with Gasteiger partial charge in [0.1, 0.15) is 12.1 Å². The minimum atomic E-state index is -0.963. The number of hydrogen-bond acceptors (Lipinski definition) is 4. The smallest absolute Gasteiger partial charge is 0.320 e. The molecule has 6 N–H and O–H groups in total. The monoisotopic (exact) mass is 237 g/mol. The molecule has 0 rings (SSSR count). The van der Waals surface area contributed by atoms with Crippen LogP contribution in [-0.2, 0) is 26.4 Å². The van der Waals surface area contributed by atoms with E-state index in [9.17, 15) is 9.59 Å². The molecule has 2 atom stereocenters. The molecule has 6 nitrogen and oxygen atoms in total. The molecule has 81 valence electrons. The van der Waals surface area contributed by atoms with Crippen molar-refractivity contribution in [3.05, 3.63) is 0 Å². The Kier molecular flexibility index (Phi) is 13.2. The quantitative estimate of drug-likeness (QED) is 0.479. The Labute approximate surface area is 86.5 Å². The number of nitrogens with two attached hydrogens (primary N) is 2. The maximum Gasteiger partial charge on any atom is 0.320 e. The van der Waals surface area contributed by atoms with Gasteiger partial charge in [0.15, 0.2) is 0 Å². The van der Waals surface area contributed by atoms with E-state index in [2.05, 4.69) is 0 Å². The normalized spacial score (nSPS) is 12.6. The minimum absolute atomic E-state index is 0. The SMILES string of the molecule is C[C@H](N)C(=O)O.C[C@H](N)C(=O)O.[Co]. The summed E-state index contributed by atoms with van der Waals surface area (Å²) in [6.07, 6.45) is 0. The van der Waals surface area contributed by atoms with Crippen LogP contribution in [0.1, 0.15) is 13.8 Å². The largest absolute Gasteiger partial charge is 0.480 e. The number of carbonyl (C=O) groups is 2. The molecule has 0 aliphatic rings. The predicted octanol–water partition coefficient (Wildman–Crippen LogP) is -1.17. The van der Waals surface area contributed by atoms with E-state index < -0.39 is 24.0 Å². The second-order valence-electron chi connectivity index (χ2n) is 2.25. The van der Waals surface area contributed by atoms with Crippen LogP contribution in [-0.4, -0.2) is 34.2 Å². The van der Waals surface area contributed by atoms with Crippen molar-refractivity contribution in [2.45, 2.75) is 25.9 Å². The van der Waals surface area contributed by atoms with E-state index in [1.807, 2.05) is 0 Å². The standard InChI is InChI=1S/2C3H7NO2.Co/c2*1-2(4)3(5)6;/h2*2H,4H2,1H3,(H,5,6);/t2*2-;/m00./s1. The molecule has 0 heterocycles. The second kappa shape index (κ2) is 9.45. The maximum atomic E-state index is 9.57. The predicted molar refractivity (Wildman–Crippen MR) is 42.6 cm³/mol. The van der Waals surface area contributed by atoms with Crippen LogP contribution in [0.3, 0.4) is 0 Å². The van der Waals surface area contributed by atoms with Crippen LogP contribution in [0.15, 0.2) is 0 Å². The third-order valence-corrected chi connectivity index (χ3v) is 0.779. The van der Waals surface area contributed by atoms with Gasteiger partial charge in [0, 0.05) is 16.8 Å². The van der Waals surface area contributed by atoms with E-state index in [0.717, 1.165) is 0 Å². The van der Waals surface area contributed by atoms with E-state index in [1.54, 1.807) is 0 Å². The average molecular weight is 237 g/mol. The van der Waals surface area contributed by atoms with Crippen LogP contribution in [0.25, 0.3) is 0 Å². The van der Waals surface area contributed by atoms with E-state index in [-0.39, 0.29) is 16.8 Å². The summed E-state index contributed by atoms with van der Waals surface area (Å²) in [4.78, 5) is 19.1. The number of carboxylic acids is 2. The zero-order chi connectivity index (χ0) is 10.3. The zero-order valence-electron chi connectivity index (χ0n) is 7.35. The molecule has 7 heteroatoms. The molecule has 0 spiro atoms. The molecule has 0 aliphatic heterocycles. The molecule has 0 aliphatic carbocycles. The van der Waals surface area contributed by atoms with Gasteiger partial charge in [-0.1, -0.05) is 0 Å². The first-order chi connectivity index (χ1) is 5.29. The fraction of sp³-hybridized carbons (Fsp3) is 0.667. The first-order valence-corrected chi connectivity index (χ1v) is 3.25. The summed E-state index contributed by atoms with van der Waals surface area (Å²) >= 11 is 0. The third-order valence-electron chi connectivity index (χ3n) is 0.779. The van der Waals surface area contributed by atoms with Crippen molar-refractivity contribution in [2.24, 2.45) is 11.5 Å². The minimum Gasteiger partial charge on any atom is -0.480 e. The van der Waals surface area contributed by atoms with Gasteiger partial charge in [-0.3, -0.25) is 9.59 Å². The van der Waals surface area contributed by atoms with Crippen LogP contribution < -0.4 is 11.5 Å². The molecule has 0 aromatic rings. The summed E-state index contributed by atoms with van der Waals surface area (Å²) in [7, 11) is 0. The number of carboxylic acid groups (broad SMARTS) is 2. The number of rotatable bonds is 2. The molecule has 0 unspecified atom stereocenters. The van der Waals surface area contributed by atoms with E-state index in [1.165, 1.54) is 13.8 Å². The van der Waals surface area contributed by atoms with Crippen LogP contribution >= 0.6 is 0 Å². The van der Waals surface area contributed by atoms with Crippen LogP contribution in [0.2, 0.25) is 0 Å². The van der Waals surface area contributed by atoms with Crippen LogP contribution in [0.5, 0.6) is 0 Å². The Balaban J connectivity index is -0.000000143. The van der Waals surface area contributed by atoms with Gasteiger partial charge in [-0.05, 0) is 13.8 Å². The van der Waals surface area contributed by atoms with Gasteiger partial charge < -0.3 is 21.7 Å². The molecular weight excluding hydrogens is 223 g/mol. The second-order valence-corrected chi connectivity index (χ2v) is 2.25. The average Bonchev–Trinajstić information content (AvgIpc) is 1.88. The molecule has 0 fully saturated rings. The van der Waals surface area contributed by atoms with Gasteiger partial charge in [-0.2, -0.15) is 0 Å². The summed E-state index contributed by atoms with van der Waals surface area (Å²) < 4.78 is 0. The van der Waals surface area contributed by atoms with Crippen molar-refractivity contribution in [1.29, 1.82) is 0 Å². The Hall–Kier alpha value is -0.634. The maximum absolute atomic E-state index is 9.57. The molecular formula is C6H14CoN2O4. The summed E-state index contributed by atoms with van der Waals surface area (Å²) in [5.74, 6) is -1.93. The van der Waals surface area contributed by atoms with Crippen molar-refractivity contribution in [3.8, 4) is 0 Å². The Bertz CT molecular complexity index is 143. The van der Waals surface area contributed by atoms with Gasteiger partial charge in [0.2, 0.25) is 0 Å². The molecule has 0 aromatic heterocycles. The first kappa shape index (κ1) is 18.2. The van der Waals surface area contributed by atoms with Gasteiger partial charge in [0.25, 0.3) is 0 Å². The van der Waals surface area contributed by atoms with Crippen molar-refractivity contribution in [1.82, 2.24) is 0 Å². The molecule has 0 amide bonds. The zero-order valence-corrected chi connectivity index (χ0v) is 8.39. The topological polar surface area (TPSA) is 127 Å². The van der Waals surface area contributed by atoms with Crippen LogP contribution in [0.4, 0.5) is 0 Å². The van der Waals surface area contributed by atoms with Gasteiger partial charge >= 0.3 is 11.9 Å². The van der Waals surface area contributed by atoms with E-state index >= 15 is 0 Å². The van der Waals surface area contributed by atoms with Crippen molar-refractivity contribution >= 4 is 11.9 Å². The molecule has 1 radical (unpaired) electrons. The summed E-state index contributed by atoms with van der Waals surface area (Å²) in [5.41, 5.74) is 9.67. The summed E-state index contributed by atoms with van der Waals surface area (Å²) in [6.45, 7) is 2.84.